The van der Waals surface area contributed by atoms with Crippen LogP contribution in [0.4, 0.5) is 14.5 Å². The number of ether oxygens (including phenoxy) is 2. The highest BCUT2D eigenvalue weighted by Gasteiger charge is 2.10. The highest BCUT2D eigenvalue weighted by Crippen LogP contribution is 2.17. The third-order valence-corrected chi connectivity index (χ3v) is 3.32. The molecule has 0 atom stereocenters. The topological polar surface area (TPSA) is 64.6 Å². The maximum atomic E-state index is 12.0. The molecule has 2 rings (SSSR count). The van der Waals surface area contributed by atoms with Gasteiger partial charge in [0.15, 0.2) is 6.61 Å². The molecule has 7 heteroatoms. The Hall–Kier alpha value is -2.96. The monoisotopic (exact) mass is 349 g/mol. The molecule has 5 nitrogen and oxygen atoms in total. The quantitative estimate of drug-likeness (QED) is 0.779. The lowest BCUT2D eigenvalue weighted by atomic mass is 10.1. The van der Waals surface area contributed by atoms with Crippen LogP contribution in [0.2, 0.25) is 0 Å². The third kappa shape index (κ3) is 6.21. The summed E-state index contributed by atoms with van der Waals surface area (Å²) >= 11 is 0. The van der Waals surface area contributed by atoms with E-state index in [2.05, 4.69) is 10.1 Å². The van der Waals surface area contributed by atoms with E-state index in [0.717, 1.165) is 11.1 Å². The average molecular weight is 349 g/mol. The third-order valence-electron chi connectivity index (χ3n) is 3.32. The van der Waals surface area contributed by atoms with E-state index in [1.165, 1.54) is 24.3 Å². The number of alkyl halides is 2. The number of rotatable bonds is 7. The van der Waals surface area contributed by atoms with E-state index in [4.69, 9.17) is 4.74 Å². The van der Waals surface area contributed by atoms with Gasteiger partial charge in [-0.05, 0) is 42.3 Å². The van der Waals surface area contributed by atoms with Gasteiger partial charge in [-0.25, -0.2) is 0 Å². The molecule has 0 saturated carbocycles. The molecule has 0 unspecified atom stereocenters. The molecule has 0 radical (unpaired) electrons. The number of carbonyl (C=O) groups excluding carboxylic acids is 2. The fourth-order valence-electron chi connectivity index (χ4n) is 2.08. The van der Waals surface area contributed by atoms with Crippen molar-refractivity contribution in [2.75, 3.05) is 11.9 Å². The van der Waals surface area contributed by atoms with Crippen molar-refractivity contribution in [2.24, 2.45) is 0 Å². The number of hydrogen-bond donors (Lipinski definition) is 1. The van der Waals surface area contributed by atoms with Crippen LogP contribution in [0.25, 0.3) is 0 Å². The number of aryl methyl sites for hydroxylation is 1. The van der Waals surface area contributed by atoms with E-state index in [0.29, 0.717) is 5.69 Å². The number of amides is 1. The summed E-state index contributed by atoms with van der Waals surface area (Å²) in [6.45, 7) is -1.45. The van der Waals surface area contributed by atoms with E-state index in [1.807, 2.05) is 31.2 Å². The predicted octanol–water partition coefficient (Wildman–Crippen LogP) is 3.32. The molecule has 0 aliphatic rings. The van der Waals surface area contributed by atoms with Crippen molar-refractivity contribution >= 4 is 17.6 Å². The summed E-state index contributed by atoms with van der Waals surface area (Å²) in [4.78, 5) is 23.5. The van der Waals surface area contributed by atoms with Gasteiger partial charge >= 0.3 is 12.6 Å². The highest BCUT2D eigenvalue weighted by atomic mass is 19.3. The fraction of sp³-hybridized carbons (Fsp3) is 0.222. The Bertz CT molecular complexity index is 732. The maximum Gasteiger partial charge on any atom is 0.387 e. The van der Waals surface area contributed by atoms with Crippen LogP contribution >= 0.6 is 0 Å². The van der Waals surface area contributed by atoms with Gasteiger partial charge in [-0.2, -0.15) is 8.78 Å². The summed E-state index contributed by atoms with van der Waals surface area (Å²) in [7, 11) is 0. The molecule has 132 valence electrons. The molecule has 0 heterocycles. The molecule has 0 spiro atoms. The number of halogens is 2. The van der Waals surface area contributed by atoms with Crippen molar-refractivity contribution in [3.8, 4) is 5.75 Å². The smallest absolute Gasteiger partial charge is 0.387 e. The standard InChI is InChI=1S/C18H17F2NO4/c1-12-4-2-3-5-13(12)10-17(23)24-11-16(22)21-14-6-8-15(9-7-14)25-18(19)20/h2-9,18H,10-11H2,1H3,(H,21,22). The lowest BCUT2D eigenvalue weighted by molar-refractivity contribution is -0.146. The van der Waals surface area contributed by atoms with Gasteiger partial charge in [0, 0.05) is 5.69 Å². The number of benzene rings is 2. The SMILES string of the molecule is Cc1ccccc1CC(=O)OCC(=O)Nc1ccc(OC(F)F)cc1. The molecule has 0 aromatic heterocycles. The second-order valence-electron chi connectivity index (χ2n) is 5.22. The number of hydrogen-bond acceptors (Lipinski definition) is 4. The van der Waals surface area contributed by atoms with Crippen molar-refractivity contribution in [2.45, 2.75) is 20.0 Å². The van der Waals surface area contributed by atoms with Gasteiger partial charge in [0.25, 0.3) is 5.91 Å². The van der Waals surface area contributed by atoms with Crippen molar-refractivity contribution in [1.29, 1.82) is 0 Å². The fourth-order valence-corrected chi connectivity index (χ4v) is 2.08. The molecule has 0 aliphatic heterocycles. The van der Waals surface area contributed by atoms with Crippen LogP contribution in [0, 0.1) is 6.92 Å². The Morgan fingerprint density at radius 3 is 2.40 bits per heavy atom. The minimum absolute atomic E-state index is 0.0161. The van der Waals surface area contributed by atoms with Crippen molar-refractivity contribution in [3.05, 3.63) is 59.7 Å². The summed E-state index contributed by atoms with van der Waals surface area (Å²) < 4.78 is 33.2. The first-order valence-corrected chi connectivity index (χ1v) is 7.49. The molecule has 0 saturated heterocycles. The number of carbonyl (C=O) groups is 2. The lowest BCUT2D eigenvalue weighted by Crippen LogP contribution is -2.21. The molecular weight excluding hydrogens is 332 g/mol. The molecule has 0 fully saturated rings. The summed E-state index contributed by atoms with van der Waals surface area (Å²) in [5.41, 5.74) is 2.18. The zero-order valence-electron chi connectivity index (χ0n) is 13.5. The molecular formula is C18H17F2NO4. The van der Waals surface area contributed by atoms with Gasteiger partial charge in [0.1, 0.15) is 5.75 Å². The Morgan fingerprint density at radius 2 is 1.76 bits per heavy atom. The van der Waals surface area contributed by atoms with Gasteiger partial charge in [0.2, 0.25) is 0 Å². The summed E-state index contributed by atoms with van der Waals surface area (Å²) in [6, 6.07) is 12.8. The van der Waals surface area contributed by atoms with Gasteiger partial charge in [-0.15, -0.1) is 0 Å². The van der Waals surface area contributed by atoms with E-state index in [-0.39, 0.29) is 12.2 Å². The zero-order chi connectivity index (χ0) is 18.2. The highest BCUT2D eigenvalue weighted by molar-refractivity contribution is 5.92. The summed E-state index contributed by atoms with van der Waals surface area (Å²) in [6.07, 6.45) is 0.0830. The Morgan fingerprint density at radius 1 is 1.08 bits per heavy atom. The van der Waals surface area contributed by atoms with Crippen LogP contribution in [-0.2, 0) is 20.7 Å². The number of esters is 1. The molecule has 25 heavy (non-hydrogen) atoms. The van der Waals surface area contributed by atoms with Crippen molar-refractivity contribution in [1.82, 2.24) is 0 Å². The minimum Gasteiger partial charge on any atom is -0.455 e. The van der Waals surface area contributed by atoms with Crippen molar-refractivity contribution < 1.29 is 27.8 Å². The van der Waals surface area contributed by atoms with E-state index in [9.17, 15) is 18.4 Å². The second kappa shape index (κ2) is 8.77. The molecule has 0 aliphatic carbocycles. The van der Waals surface area contributed by atoms with Gasteiger partial charge in [-0.1, -0.05) is 24.3 Å². The molecule has 1 amide bonds. The number of nitrogens with one attached hydrogen (secondary N) is 1. The second-order valence-corrected chi connectivity index (χ2v) is 5.22. The average Bonchev–Trinajstić information content (AvgIpc) is 2.56. The van der Waals surface area contributed by atoms with Gasteiger partial charge in [0.05, 0.1) is 6.42 Å². The van der Waals surface area contributed by atoms with Crippen LogP contribution in [0.5, 0.6) is 5.75 Å². The first-order chi connectivity index (χ1) is 11.9. The van der Waals surface area contributed by atoms with E-state index in [1.54, 1.807) is 0 Å². The molecule has 2 aromatic rings. The predicted molar refractivity (Wildman–Crippen MR) is 87.5 cm³/mol. The first-order valence-electron chi connectivity index (χ1n) is 7.49. The summed E-state index contributed by atoms with van der Waals surface area (Å²) in [5, 5.41) is 2.49. The van der Waals surface area contributed by atoms with Crippen LogP contribution in [-0.4, -0.2) is 25.1 Å². The van der Waals surface area contributed by atoms with Crippen LogP contribution in [0.3, 0.4) is 0 Å². The minimum atomic E-state index is -2.91. The van der Waals surface area contributed by atoms with Crippen LogP contribution in [0.1, 0.15) is 11.1 Å². The Labute approximate surface area is 143 Å². The van der Waals surface area contributed by atoms with Gasteiger partial charge < -0.3 is 14.8 Å². The Kier molecular flexibility index (Phi) is 6.45. The van der Waals surface area contributed by atoms with Crippen molar-refractivity contribution in [3.63, 3.8) is 0 Å². The van der Waals surface area contributed by atoms with E-state index < -0.39 is 25.1 Å². The van der Waals surface area contributed by atoms with E-state index >= 15 is 0 Å². The lowest BCUT2D eigenvalue weighted by Gasteiger charge is -2.09. The molecule has 0 bridgehead atoms. The maximum absolute atomic E-state index is 12.0. The zero-order valence-corrected chi connectivity index (χ0v) is 13.5. The largest absolute Gasteiger partial charge is 0.455 e. The molecule has 2 aromatic carbocycles. The van der Waals surface area contributed by atoms with Crippen LogP contribution in [0.15, 0.2) is 48.5 Å². The van der Waals surface area contributed by atoms with Crippen LogP contribution < -0.4 is 10.1 Å². The first kappa shape index (κ1) is 18.4. The molecule has 1 N–H and O–H groups in total. The summed E-state index contributed by atoms with van der Waals surface area (Å²) in [5.74, 6) is -1.05. The van der Waals surface area contributed by atoms with Gasteiger partial charge in [-0.3, -0.25) is 9.59 Å². The number of anilines is 1. The Balaban J connectivity index is 1.78. The normalized spacial score (nSPS) is 10.4.